The standard InChI is InChI=1S/C21H18N2/c1-21(2)9-7-14-16-12-19-15(11-20(16)23-18(14)8-10-21)13-5-3-4-6-17(13)22-19/h3-12,22-23H,1-2H3. The molecule has 2 N–H and O–H groups in total. The Morgan fingerprint density at radius 3 is 2.39 bits per heavy atom. The molecular formula is C21H18N2. The maximum Gasteiger partial charge on any atom is 0.0472 e. The van der Waals surface area contributed by atoms with Gasteiger partial charge in [-0.1, -0.05) is 50.3 Å². The highest BCUT2D eigenvalue weighted by Gasteiger charge is 2.16. The van der Waals surface area contributed by atoms with E-state index in [1.165, 1.54) is 44.0 Å². The van der Waals surface area contributed by atoms with E-state index in [-0.39, 0.29) is 5.41 Å². The van der Waals surface area contributed by atoms with Crippen molar-refractivity contribution in [3.8, 4) is 0 Å². The van der Waals surface area contributed by atoms with Crippen LogP contribution in [0, 0.1) is 5.41 Å². The fourth-order valence-corrected chi connectivity index (χ4v) is 3.54. The van der Waals surface area contributed by atoms with Crippen LogP contribution in [0.4, 0.5) is 0 Å². The quantitative estimate of drug-likeness (QED) is 0.407. The third-order valence-electron chi connectivity index (χ3n) is 4.85. The highest BCUT2D eigenvalue weighted by atomic mass is 14.7. The number of fused-ring (bicyclic) bond motifs is 6. The number of rotatable bonds is 0. The van der Waals surface area contributed by atoms with Gasteiger partial charge in [-0.25, -0.2) is 0 Å². The van der Waals surface area contributed by atoms with Crippen molar-refractivity contribution >= 4 is 44.9 Å². The summed E-state index contributed by atoms with van der Waals surface area (Å²) in [7, 11) is 0. The van der Waals surface area contributed by atoms with Gasteiger partial charge >= 0.3 is 0 Å². The zero-order valence-electron chi connectivity index (χ0n) is 13.3. The van der Waals surface area contributed by atoms with Gasteiger partial charge in [0.2, 0.25) is 0 Å². The summed E-state index contributed by atoms with van der Waals surface area (Å²) in [6.45, 7) is 4.45. The topological polar surface area (TPSA) is 31.6 Å². The molecule has 1 aliphatic carbocycles. The molecule has 0 fully saturated rings. The molecular weight excluding hydrogens is 280 g/mol. The van der Waals surface area contributed by atoms with E-state index in [4.69, 9.17) is 0 Å². The average Bonchev–Trinajstić information content (AvgIpc) is 3.01. The predicted octanol–water partition coefficient (Wildman–Crippen LogP) is 5.87. The summed E-state index contributed by atoms with van der Waals surface area (Å²) in [5.74, 6) is 0. The van der Waals surface area contributed by atoms with Crippen LogP contribution in [-0.4, -0.2) is 9.97 Å². The van der Waals surface area contributed by atoms with Crippen LogP contribution < -0.4 is 0 Å². The van der Waals surface area contributed by atoms with Crippen molar-refractivity contribution in [2.75, 3.05) is 0 Å². The summed E-state index contributed by atoms with van der Waals surface area (Å²) < 4.78 is 0. The Labute approximate surface area is 134 Å². The second-order valence-electron chi connectivity index (χ2n) is 7.05. The van der Waals surface area contributed by atoms with Crippen LogP contribution in [0.1, 0.15) is 25.1 Å². The number of para-hydroxylation sites is 1. The Morgan fingerprint density at radius 1 is 0.739 bits per heavy atom. The van der Waals surface area contributed by atoms with Crippen LogP contribution in [0.3, 0.4) is 0 Å². The Kier molecular flexibility index (Phi) is 2.31. The smallest absolute Gasteiger partial charge is 0.0472 e. The van der Waals surface area contributed by atoms with E-state index in [0.717, 1.165) is 0 Å². The van der Waals surface area contributed by atoms with Crippen LogP contribution in [0.15, 0.2) is 48.6 Å². The molecule has 0 saturated carbocycles. The van der Waals surface area contributed by atoms with Gasteiger partial charge in [0.05, 0.1) is 0 Å². The van der Waals surface area contributed by atoms with Gasteiger partial charge in [-0.05, 0) is 24.3 Å². The molecule has 1 aliphatic rings. The lowest BCUT2D eigenvalue weighted by molar-refractivity contribution is 0.633. The Bertz CT molecular complexity index is 1130. The maximum atomic E-state index is 3.59. The van der Waals surface area contributed by atoms with E-state index < -0.39 is 0 Å². The summed E-state index contributed by atoms with van der Waals surface area (Å²) in [6, 6.07) is 13.0. The summed E-state index contributed by atoms with van der Waals surface area (Å²) >= 11 is 0. The molecule has 5 rings (SSSR count). The highest BCUT2D eigenvalue weighted by Crippen LogP contribution is 2.35. The Hall–Kier alpha value is -2.74. The lowest BCUT2D eigenvalue weighted by Gasteiger charge is -2.12. The minimum absolute atomic E-state index is 0.0946. The molecule has 2 aromatic carbocycles. The van der Waals surface area contributed by atoms with Crippen LogP contribution >= 0.6 is 0 Å². The monoisotopic (exact) mass is 298 g/mol. The molecule has 23 heavy (non-hydrogen) atoms. The summed E-state index contributed by atoms with van der Waals surface area (Å²) in [5, 5.41) is 3.83. The third kappa shape index (κ3) is 1.81. The molecule has 0 bridgehead atoms. The van der Waals surface area contributed by atoms with Crippen LogP contribution in [0.2, 0.25) is 0 Å². The average molecular weight is 298 g/mol. The number of hydrogen-bond donors (Lipinski definition) is 2. The van der Waals surface area contributed by atoms with Gasteiger partial charge in [-0.2, -0.15) is 0 Å². The number of aromatic nitrogens is 2. The minimum Gasteiger partial charge on any atom is -0.354 e. The molecule has 2 aromatic heterocycles. The number of allylic oxidation sites excluding steroid dienone is 2. The minimum atomic E-state index is 0.0946. The number of nitrogens with one attached hydrogen (secondary N) is 2. The Morgan fingerprint density at radius 2 is 1.48 bits per heavy atom. The first-order valence-corrected chi connectivity index (χ1v) is 8.05. The van der Waals surface area contributed by atoms with Gasteiger partial charge in [0.15, 0.2) is 0 Å². The fraction of sp³-hybridized carbons (Fsp3) is 0.143. The second-order valence-corrected chi connectivity index (χ2v) is 7.05. The highest BCUT2D eigenvalue weighted by molar-refractivity contribution is 6.13. The maximum absolute atomic E-state index is 3.59. The van der Waals surface area contributed by atoms with Crippen LogP contribution in [-0.2, 0) is 0 Å². The van der Waals surface area contributed by atoms with E-state index in [9.17, 15) is 0 Å². The molecule has 2 nitrogen and oxygen atoms in total. The van der Waals surface area contributed by atoms with E-state index in [1.54, 1.807) is 0 Å². The molecule has 0 aliphatic heterocycles. The van der Waals surface area contributed by atoms with Crippen LogP contribution in [0.5, 0.6) is 0 Å². The molecule has 2 heterocycles. The fourth-order valence-electron chi connectivity index (χ4n) is 3.54. The number of H-pyrrole nitrogens is 2. The van der Waals surface area contributed by atoms with E-state index >= 15 is 0 Å². The molecule has 0 unspecified atom stereocenters. The van der Waals surface area contributed by atoms with Crippen molar-refractivity contribution < 1.29 is 0 Å². The number of aromatic amines is 2. The SMILES string of the molecule is CC1(C)C=Cc2[nH]c3cc4c(cc3c2C=C1)[nH]c1ccccc14. The van der Waals surface area contributed by atoms with Gasteiger partial charge in [0.25, 0.3) is 0 Å². The lowest BCUT2D eigenvalue weighted by Crippen LogP contribution is -2.00. The predicted molar refractivity (Wildman–Crippen MR) is 99.5 cm³/mol. The largest absolute Gasteiger partial charge is 0.354 e. The van der Waals surface area contributed by atoms with Crippen LogP contribution in [0.25, 0.3) is 44.9 Å². The van der Waals surface area contributed by atoms with E-state index in [0.29, 0.717) is 0 Å². The number of benzene rings is 2. The lowest BCUT2D eigenvalue weighted by atomic mass is 9.93. The summed E-state index contributed by atoms with van der Waals surface area (Å²) in [4.78, 5) is 7.13. The van der Waals surface area contributed by atoms with E-state index in [1.807, 2.05) is 0 Å². The van der Waals surface area contributed by atoms with Crippen molar-refractivity contribution in [1.29, 1.82) is 0 Å². The zero-order chi connectivity index (χ0) is 15.6. The molecule has 4 aromatic rings. The van der Waals surface area contributed by atoms with Gasteiger partial charge in [0, 0.05) is 49.4 Å². The zero-order valence-corrected chi connectivity index (χ0v) is 13.3. The second kappa shape index (κ2) is 4.17. The summed E-state index contributed by atoms with van der Waals surface area (Å²) in [6.07, 6.45) is 8.99. The molecule has 0 spiro atoms. The summed E-state index contributed by atoms with van der Waals surface area (Å²) in [5.41, 5.74) is 6.15. The van der Waals surface area contributed by atoms with Gasteiger partial charge in [0.1, 0.15) is 0 Å². The Balaban J connectivity index is 1.86. The van der Waals surface area contributed by atoms with E-state index in [2.05, 4.69) is 84.5 Å². The van der Waals surface area contributed by atoms with Crippen molar-refractivity contribution in [2.24, 2.45) is 5.41 Å². The molecule has 112 valence electrons. The molecule has 2 heteroatoms. The number of hydrogen-bond acceptors (Lipinski definition) is 0. The third-order valence-corrected chi connectivity index (χ3v) is 4.85. The molecule has 0 saturated heterocycles. The first kappa shape index (κ1) is 12.8. The van der Waals surface area contributed by atoms with Crippen molar-refractivity contribution in [2.45, 2.75) is 13.8 Å². The van der Waals surface area contributed by atoms with Crippen molar-refractivity contribution in [3.05, 3.63) is 59.8 Å². The van der Waals surface area contributed by atoms with Gasteiger partial charge in [-0.15, -0.1) is 0 Å². The van der Waals surface area contributed by atoms with Crippen molar-refractivity contribution in [3.63, 3.8) is 0 Å². The van der Waals surface area contributed by atoms with Gasteiger partial charge in [-0.3, -0.25) is 0 Å². The van der Waals surface area contributed by atoms with Gasteiger partial charge < -0.3 is 9.97 Å². The first-order chi connectivity index (χ1) is 11.1. The normalized spacial score (nSPS) is 16.3. The van der Waals surface area contributed by atoms with Crippen molar-refractivity contribution in [1.82, 2.24) is 9.97 Å². The first-order valence-electron chi connectivity index (χ1n) is 8.05. The molecule has 0 amide bonds. The molecule has 0 atom stereocenters. The molecule has 0 radical (unpaired) electrons.